The lowest BCUT2D eigenvalue weighted by atomic mass is 9.71. The van der Waals surface area contributed by atoms with Crippen molar-refractivity contribution in [1.29, 1.82) is 0 Å². The van der Waals surface area contributed by atoms with Gasteiger partial charge in [-0.1, -0.05) is 73.6 Å². The molecule has 2 nitrogen and oxygen atoms in total. The van der Waals surface area contributed by atoms with Gasteiger partial charge in [0.1, 0.15) is 11.5 Å². The van der Waals surface area contributed by atoms with Crippen LogP contribution in [0.4, 0.5) is 0 Å². The van der Waals surface area contributed by atoms with Gasteiger partial charge in [0.05, 0.1) is 0 Å². The van der Waals surface area contributed by atoms with Crippen LogP contribution in [0, 0.1) is 6.92 Å². The highest BCUT2D eigenvalue weighted by Crippen LogP contribution is 2.51. The molecule has 1 aromatic heterocycles. The van der Waals surface area contributed by atoms with Crippen molar-refractivity contribution in [3.8, 4) is 11.5 Å². The van der Waals surface area contributed by atoms with Crippen molar-refractivity contribution in [3.63, 3.8) is 0 Å². The predicted molar refractivity (Wildman–Crippen MR) is 135 cm³/mol. The van der Waals surface area contributed by atoms with Gasteiger partial charge < -0.3 is 9.07 Å². The molecule has 1 unspecified atom stereocenters. The Bertz CT molecular complexity index is 1130. The van der Waals surface area contributed by atoms with Gasteiger partial charge in [0.15, 0.2) is 0 Å². The number of nitrogens with zero attached hydrogens (tertiary/aromatic N) is 1. The van der Waals surface area contributed by atoms with E-state index in [1.165, 1.54) is 33.1 Å². The van der Waals surface area contributed by atoms with Gasteiger partial charge in [-0.3, -0.25) is 0 Å². The van der Waals surface area contributed by atoms with Crippen LogP contribution in [0.15, 0.2) is 48.8 Å². The molecule has 0 aliphatic carbocycles. The van der Waals surface area contributed by atoms with E-state index in [4.69, 9.17) is 4.74 Å². The summed E-state index contributed by atoms with van der Waals surface area (Å²) in [5, 5.41) is 1.27. The monoisotopic (exact) mass is 433 g/mol. The fourth-order valence-corrected chi connectivity index (χ4v) is 5.43. The molecule has 4 rings (SSSR count). The van der Waals surface area contributed by atoms with Crippen LogP contribution < -0.4 is 10.0 Å². The van der Waals surface area contributed by atoms with Crippen LogP contribution >= 0.6 is 8.73 Å². The number of rotatable bonds is 2. The first-order chi connectivity index (χ1) is 14.3. The second kappa shape index (κ2) is 7.24. The van der Waals surface area contributed by atoms with Crippen LogP contribution in [0.25, 0.3) is 0 Å². The summed E-state index contributed by atoms with van der Waals surface area (Å²) in [6, 6.07) is 13.6. The van der Waals surface area contributed by atoms with E-state index in [0.717, 1.165) is 11.5 Å². The maximum absolute atomic E-state index is 6.75. The van der Waals surface area contributed by atoms with E-state index in [9.17, 15) is 0 Å². The molecule has 31 heavy (non-hydrogen) atoms. The normalized spacial score (nSPS) is 15.6. The van der Waals surface area contributed by atoms with E-state index < -0.39 is 0 Å². The molecule has 0 N–H and O–H groups in total. The zero-order valence-corrected chi connectivity index (χ0v) is 21.5. The van der Waals surface area contributed by atoms with E-state index in [1.807, 2.05) is 0 Å². The lowest BCUT2D eigenvalue weighted by Crippen LogP contribution is -2.30. The molecule has 3 heteroatoms. The molecule has 1 aliphatic rings. The Morgan fingerprint density at radius 2 is 1.29 bits per heavy atom. The van der Waals surface area contributed by atoms with Gasteiger partial charge in [-0.15, -0.1) is 0 Å². The predicted octanol–water partition coefficient (Wildman–Crippen LogP) is 7.59. The number of hydrogen-bond donors (Lipinski definition) is 0. The third kappa shape index (κ3) is 3.96. The van der Waals surface area contributed by atoms with Crippen molar-refractivity contribution >= 4 is 14.0 Å². The highest BCUT2D eigenvalue weighted by Gasteiger charge is 2.38. The van der Waals surface area contributed by atoms with Crippen molar-refractivity contribution in [2.75, 3.05) is 0 Å². The van der Waals surface area contributed by atoms with Crippen LogP contribution in [-0.4, -0.2) is 4.34 Å². The van der Waals surface area contributed by atoms with E-state index >= 15 is 0 Å². The smallest absolute Gasteiger partial charge is 0.140 e. The molecule has 0 fully saturated rings. The summed E-state index contributed by atoms with van der Waals surface area (Å²) in [4.78, 5) is 0. The number of ether oxygens (including phenoxy) is 1. The van der Waals surface area contributed by atoms with Gasteiger partial charge in [0.2, 0.25) is 0 Å². The minimum absolute atomic E-state index is 0.0739. The SMILES string of the molecule is Cc1cc(C(C)(C)C)cc2c1Oc1c(Pn3cccc3)cc(C(C)(C)C)cc1C2(C)C. The van der Waals surface area contributed by atoms with Crippen LogP contribution in [0.3, 0.4) is 0 Å². The highest BCUT2D eigenvalue weighted by atomic mass is 31.1. The van der Waals surface area contributed by atoms with Crippen molar-refractivity contribution in [1.82, 2.24) is 4.34 Å². The summed E-state index contributed by atoms with van der Waals surface area (Å²) in [6.45, 7) is 20.6. The molecule has 0 bridgehead atoms. The van der Waals surface area contributed by atoms with Gasteiger partial charge >= 0.3 is 0 Å². The first-order valence-electron chi connectivity index (χ1n) is 11.2. The molecule has 164 valence electrons. The molecular formula is C28H36NOP. The fraction of sp³-hybridized carbons (Fsp3) is 0.429. The van der Waals surface area contributed by atoms with E-state index in [1.54, 1.807) is 0 Å². The minimum atomic E-state index is -0.133. The van der Waals surface area contributed by atoms with Crippen molar-refractivity contribution in [2.45, 2.75) is 78.6 Å². The maximum atomic E-state index is 6.75. The lowest BCUT2D eigenvalue weighted by molar-refractivity contribution is 0.415. The highest BCUT2D eigenvalue weighted by molar-refractivity contribution is 7.45. The Morgan fingerprint density at radius 3 is 1.84 bits per heavy atom. The summed E-state index contributed by atoms with van der Waals surface area (Å²) >= 11 is 0. The van der Waals surface area contributed by atoms with Crippen LogP contribution in [0.5, 0.6) is 11.5 Å². The van der Waals surface area contributed by atoms with E-state index in [0.29, 0.717) is 8.73 Å². The first-order valence-corrected chi connectivity index (χ1v) is 12.2. The molecule has 3 aromatic rings. The average Bonchev–Trinajstić information content (AvgIpc) is 3.14. The van der Waals surface area contributed by atoms with Gasteiger partial charge in [0.25, 0.3) is 0 Å². The zero-order chi connectivity index (χ0) is 22.8. The standard InChI is InChI=1S/C28H36NOP/c1-18-14-19(26(2,3)4)15-21-24(18)30-25-22(28(21,8)9)16-20(27(5,6)7)17-23(25)31-29-12-10-11-13-29/h10-17,31H,1-9H3. The van der Waals surface area contributed by atoms with E-state index in [-0.39, 0.29) is 16.2 Å². The zero-order valence-electron chi connectivity index (χ0n) is 20.5. The van der Waals surface area contributed by atoms with Crippen LogP contribution in [0.2, 0.25) is 0 Å². The first kappa shape index (κ1) is 22.2. The number of aromatic nitrogens is 1. The number of fused-ring (bicyclic) bond motifs is 2. The molecule has 0 spiro atoms. The molecule has 0 saturated carbocycles. The second-order valence-corrected chi connectivity index (χ2v) is 12.8. The van der Waals surface area contributed by atoms with Crippen molar-refractivity contribution in [2.24, 2.45) is 0 Å². The summed E-state index contributed by atoms with van der Waals surface area (Å²) in [5.74, 6) is 2.08. The Labute approximate surface area is 189 Å². The average molecular weight is 434 g/mol. The third-order valence-electron chi connectivity index (χ3n) is 6.50. The Kier molecular flexibility index (Phi) is 5.17. The molecule has 0 radical (unpaired) electrons. The van der Waals surface area contributed by atoms with Crippen LogP contribution in [-0.2, 0) is 16.2 Å². The van der Waals surface area contributed by atoms with E-state index in [2.05, 4.69) is 115 Å². The molecule has 1 aliphatic heterocycles. The lowest BCUT2D eigenvalue weighted by Gasteiger charge is -2.39. The molecular weight excluding hydrogens is 397 g/mol. The quantitative estimate of drug-likeness (QED) is 0.380. The Morgan fingerprint density at radius 1 is 0.774 bits per heavy atom. The van der Waals surface area contributed by atoms with Crippen LogP contribution in [0.1, 0.15) is 83.2 Å². The maximum Gasteiger partial charge on any atom is 0.140 e. The minimum Gasteiger partial charge on any atom is -0.456 e. The molecule has 0 saturated heterocycles. The molecule has 1 atom stereocenters. The van der Waals surface area contributed by atoms with Gasteiger partial charge in [-0.25, -0.2) is 0 Å². The number of hydrogen-bond acceptors (Lipinski definition) is 1. The summed E-state index contributed by atoms with van der Waals surface area (Å²) < 4.78 is 9.01. The molecule has 2 heterocycles. The Balaban J connectivity index is 1.96. The van der Waals surface area contributed by atoms with Gasteiger partial charge in [0, 0.05) is 43.0 Å². The van der Waals surface area contributed by atoms with Gasteiger partial charge in [-0.2, -0.15) is 0 Å². The second-order valence-electron chi connectivity index (χ2n) is 11.5. The summed E-state index contributed by atoms with van der Waals surface area (Å²) in [5.41, 5.74) is 6.59. The summed E-state index contributed by atoms with van der Waals surface area (Å²) in [6.07, 6.45) is 4.27. The largest absolute Gasteiger partial charge is 0.456 e. The number of benzene rings is 2. The van der Waals surface area contributed by atoms with Crippen molar-refractivity contribution in [3.05, 3.63) is 76.6 Å². The third-order valence-corrected chi connectivity index (χ3v) is 7.67. The fourth-order valence-electron chi connectivity index (χ4n) is 4.32. The number of aryl methyl sites for hydroxylation is 1. The molecule has 2 aromatic carbocycles. The Hall–Kier alpha value is -2.05. The summed E-state index contributed by atoms with van der Waals surface area (Å²) in [7, 11) is 0.506. The topological polar surface area (TPSA) is 14.2 Å². The molecule has 0 amide bonds. The van der Waals surface area contributed by atoms with Crippen molar-refractivity contribution < 1.29 is 4.74 Å². The van der Waals surface area contributed by atoms with Gasteiger partial charge in [-0.05, 0) is 52.6 Å².